The lowest BCUT2D eigenvalue weighted by atomic mass is 9.42. The van der Waals surface area contributed by atoms with Crippen LogP contribution in [0.2, 0.25) is 0 Å². The Morgan fingerprint density at radius 3 is 1.38 bits per heavy atom. The van der Waals surface area contributed by atoms with Crippen LogP contribution < -0.4 is 0 Å². The summed E-state index contributed by atoms with van der Waals surface area (Å²) in [6.45, 7) is 1.30. The van der Waals surface area contributed by atoms with Gasteiger partial charge in [0.2, 0.25) is 0 Å². The van der Waals surface area contributed by atoms with Crippen molar-refractivity contribution in [3.63, 3.8) is 0 Å². The van der Waals surface area contributed by atoms with Crippen LogP contribution in [0.5, 0.6) is 11.5 Å². The standard InChI is InChI=1S/C49H57NO2/c1-50-13-23-26-21-9-7-19-17-5-3-15-16-4-6-18-20-8-10-22-34-32(20)40-30(18)28(16)38-27(15)29(17)39-31(19)33(21)41-37(26)43(42(34)48-46(40)44(38)45(39)47(41)48)35(22)36(23)49(50)14-2-11-24(51)25(52)12-14/h2,4,6,11-12,15-23,26-49,51-52H,3,5,7-10,13H2,1H3. The molecule has 270 valence electrons. The molecule has 2 N–H and O–H groups in total. The van der Waals surface area contributed by atoms with Gasteiger partial charge in [-0.3, -0.25) is 4.90 Å². The number of nitrogens with zero attached hydrogens (tertiary/aromatic N) is 1. The van der Waals surface area contributed by atoms with Crippen LogP contribution in [0, 0.1) is 189 Å². The Morgan fingerprint density at radius 2 is 0.808 bits per heavy atom. The molecule has 1 heterocycles. The minimum absolute atomic E-state index is 0.0585. The van der Waals surface area contributed by atoms with Gasteiger partial charge in [-0.1, -0.05) is 18.2 Å². The van der Waals surface area contributed by atoms with E-state index in [-0.39, 0.29) is 11.5 Å². The highest BCUT2D eigenvalue weighted by Crippen LogP contribution is 2.93. The molecule has 33 unspecified atom stereocenters. The van der Waals surface area contributed by atoms with Crippen molar-refractivity contribution in [2.75, 3.05) is 13.6 Å². The van der Waals surface area contributed by atoms with Crippen LogP contribution in [0.3, 0.4) is 0 Å². The first-order chi connectivity index (χ1) is 25.6. The van der Waals surface area contributed by atoms with E-state index in [1.807, 2.05) is 12.1 Å². The van der Waals surface area contributed by atoms with Crippen LogP contribution in [0.15, 0.2) is 30.4 Å². The summed E-state index contributed by atoms with van der Waals surface area (Å²) >= 11 is 0. The van der Waals surface area contributed by atoms with Gasteiger partial charge in [0.05, 0.1) is 0 Å². The molecule has 18 rings (SSSR count). The zero-order valence-electron chi connectivity index (χ0n) is 30.7. The first-order valence-electron chi connectivity index (χ1n) is 23.5. The number of aromatic hydroxyl groups is 2. The molecule has 3 nitrogen and oxygen atoms in total. The predicted molar refractivity (Wildman–Crippen MR) is 194 cm³/mol. The Kier molecular flexibility index (Phi) is 4.13. The molecular weight excluding hydrogens is 635 g/mol. The van der Waals surface area contributed by atoms with Crippen molar-refractivity contribution in [1.29, 1.82) is 0 Å². The number of benzene rings is 1. The highest BCUT2D eigenvalue weighted by molar-refractivity contribution is 5.43. The van der Waals surface area contributed by atoms with Gasteiger partial charge in [-0.15, -0.1) is 0 Å². The smallest absolute Gasteiger partial charge is 0.157 e. The van der Waals surface area contributed by atoms with E-state index in [4.69, 9.17) is 0 Å². The van der Waals surface area contributed by atoms with Gasteiger partial charge in [-0.25, -0.2) is 0 Å². The average molecular weight is 692 g/mol. The third-order valence-corrected chi connectivity index (χ3v) is 25.6. The molecular formula is C49H57NO2. The Labute approximate surface area is 309 Å². The first kappa shape index (κ1) is 27.2. The largest absolute Gasteiger partial charge is 0.504 e. The fraction of sp³-hybridized carbons (Fsp3) is 0.837. The number of likely N-dealkylation sites (tertiary alicyclic amines) is 1. The second-order valence-corrected chi connectivity index (χ2v) is 24.3. The van der Waals surface area contributed by atoms with Crippen molar-refractivity contribution >= 4 is 0 Å². The quantitative estimate of drug-likeness (QED) is 0.233. The molecule has 15 saturated carbocycles. The van der Waals surface area contributed by atoms with E-state index in [1.165, 1.54) is 12.1 Å². The molecule has 16 fully saturated rings. The van der Waals surface area contributed by atoms with E-state index < -0.39 is 0 Å². The second kappa shape index (κ2) is 7.89. The highest BCUT2D eigenvalue weighted by atomic mass is 16.3. The van der Waals surface area contributed by atoms with Crippen LogP contribution >= 0.6 is 0 Å². The van der Waals surface area contributed by atoms with Crippen LogP contribution in [0.1, 0.15) is 50.1 Å². The zero-order valence-corrected chi connectivity index (χ0v) is 30.7. The Morgan fingerprint density at radius 1 is 0.404 bits per heavy atom. The molecule has 1 saturated heterocycles. The predicted octanol–water partition coefficient (Wildman–Crippen LogP) is 7.92. The monoisotopic (exact) mass is 691 g/mol. The van der Waals surface area contributed by atoms with Crippen molar-refractivity contribution in [2.24, 2.45) is 189 Å². The summed E-state index contributed by atoms with van der Waals surface area (Å²) in [6, 6.07) is 6.47. The van der Waals surface area contributed by atoms with E-state index in [2.05, 4.69) is 30.2 Å². The van der Waals surface area contributed by atoms with Gasteiger partial charge >= 0.3 is 0 Å². The summed E-state index contributed by atoms with van der Waals surface area (Å²) in [5.74, 6) is 34.1. The average Bonchev–Trinajstić information content (AvgIpc) is 4.00. The fourth-order valence-corrected chi connectivity index (χ4v) is 27.1. The van der Waals surface area contributed by atoms with Crippen LogP contribution in [0.4, 0.5) is 0 Å². The van der Waals surface area contributed by atoms with Crippen molar-refractivity contribution in [3.05, 3.63) is 35.9 Å². The summed E-state index contributed by atoms with van der Waals surface area (Å²) in [7, 11) is 2.48. The molecule has 1 aliphatic heterocycles. The fourth-order valence-electron chi connectivity index (χ4n) is 27.1. The Hall–Kier alpha value is -1.48. The summed E-state index contributed by atoms with van der Waals surface area (Å²) in [6.07, 6.45) is 15.6. The van der Waals surface area contributed by atoms with Gasteiger partial charge in [-0.05, 0) is 253 Å². The third-order valence-electron chi connectivity index (χ3n) is 25.6. The van der Waals surface area contributed by atoms with E-state index in [0.29, 0.717) is 6.04 Å². The van der Waals surface area contributed by atoms with Gasteiger partial charge in [0.25, 0.3) is 0 Å². The maximum Gasteiger partial charge on any atom is 0.157 e. The van der Waals surface area contributed by atoms with Crippen molar-refractivity contribution in [2.45, 2.75) is 44.6 Å². The zero-order chi connectivity index (χ0) is 32.8. The summed E-state index contributed by atoms with van der Waals surface area (Å²) < 4.78 is 0. The van der Waals surface area contributed by atoms with Crippen molar-refractivity contribution in [3.8, 4) is 11.5 Å². The lowest BCUT2D eigenvalue weighted by Crippen LogP contribution is -2.59. The summed E-state index contributed by atoms with van der Waals surface area (Å²) in [4.78, 5) is 2.82. The maximum absolute atomic E-state index is 11.0. The van der Waals surface area contributed by atoms with E-state index >= 15 is 0 Å². The van der Waals surface area contributed by atoms with E-state index in [1.54, 1.807) is 38.5 Å². The van der Waals surface area contributed by atoms with Gasteiger partial charge in [0, 0.05) is 12.6 Å². The number of phenolic OH excluding ortho intramolecular Hbond substituents is 2. The maximum atomic E-state index is 11.0. The van der Waals surface area contributed by atoms with Crippen LogP contribution in [-0.4, -0.2) is 28.7 Å². The molecule has 1 aromatic rings. The second-order valence-electron chi connectivity index (χ2n) is 24.3. The van der Waals surface area contributed by atoms with Gasteiger partial charge < -0.3 is 10.2 Å². The van der Waals surface area contributed by atoms with E-state index in [0.717, 1.165) is 189 Å². The normalized spacial score (nSPS) is 75.1. The number of fused-ring (bicyclic) bond motifs is 8. The molecule has 0 aromatic heterocycles. The lowest BCUT2D eigenvalue weighted by Gasteiger charge is -2.62. The van der Waals surface area contributed by atoms with Crippen LogP contribution in [0.25, 0.3) is 0 Å². The van der Waals surface area contributed by atoms with Crippen molar-refractivity contribution < 1.29 is 10.2 Å². The van der Waals surface area contributed by atoms with Gasteiger partial charge in [-0.2, -0.15) is 0 Å². The topological polar surface area (TPSA) is 43.7 Å². The number of hydrogen-bond donors (Lipinski definition) is 2. The lowest BCUT2D eigenvalue weighted by molar-refractivity contribution is -0.154. The summed E-state index contributed by atoms with van der Waals surface area (Å²) in [5.41, 5.74) is 1.32. The minimum Gasteiger partial charge on any atom is -0.504 e. The minimum atomic E-state index is 0.0585. The number of phenols is 2. The molecule has 0 radical (unpaired) electrons. The molecule has 33 atom stereocenters. The van der Waals surface area contributed by atoms with Gasteiger partial charge in [0.1, 0.15) is 0 Å². The Bertz CT molecular complexity index is 1970. The highest BCUT2D eigenvalue weighted by Gasteiger charge is 2.89. The molecule has 0 spiro atoms. The summed E-state index contributed by atoms with van der Waals surface area (Å²) in [5, 5.41) is 21.4. The van der Waals surface area contributed by atoms with Crippen molar-refractivity contribution in [1.82, 2.24) is 4.90 Å². The van der Waals surface area contributed by atoms with Crippen LogP contribution in [-0.2, 0) is 0 Å². The van der Waals surface area contributed by atoms with Gasteiger partial charge in [0.15, 0.2) is 11.5 Å². The molecule has 17 aliphatic rings. The molecule has 3 heteroatoms. The Balaban J connectivity index is 0.940. The SMILES string of the molecule is CN1CC2C3C4CCC5C6CCC7C8C=CC9C%10CCC%11C%12C%10C%10C9C8C8C7C6C6C5C4C4C3C(C%11C2C1c1ccc(O)c(O)c1)C%12C1C%10C8C6C41. The van der Waals surface area contributed by atoms with E-state index in [9.17, 15) is 10.2 Å². The third kappa shape index (κ3) is 2.27. The molecule has 52 heavy (non-hydrogen) atoms. The first-order valence-corrected chi connectivity index (χ1v) is 23.5. The molecule has 16 aliphatic carbocycles. The number of allylic oxidation sites excluding steroid dienone is 2. The molecule has 0 bridgehead atoms. The molecule has 1 aromatic carbocycles. The number of rotatable bonds is 1. The number of hydrogen-bond acceptors (Lipinski definition) is 3. The molecule has 0 amide bonds.